The van der Waals surface area contributed by atoms with Gasteiger partial charge >= 0.3 is 6.18 Å². The largest absolute Gasteiger partial charge is 0.462 e. The fourth-order valence-corrected chi connectivity index (χ4v) is 2.81. The third-order valence-electron chi connectivity index (χ3n) is 4.14. The van der Waals surface area contributed by atoms with Crippen molar-refractivity contribution >= 4 is 11.9 Å². The molecular formula is C19H26F3N3O2. The van der Waals surface area contributed by atoms with Gasteiger partial charge in [0.1, 0.15) is 0 Å². The van der Waals surface area contributed by atoms with Crippen LogP contribution in [0, 0.1) is 0 Å². The van der Waals surface area contributed by atoms with Gasteiger partial charge in [-0.1, -0.05) is 12.5 Å². The van der Waals surface area contributed by atoms with Crippen molar-refractivity contribution in [2.45, 2.75) is 45.4 Å². The Balaban J connectivity index is 2.01. The Labute approximate surface area is 157 Å². The van der Waals surface area contributed by atoms with E-state index in [-0.39, 0.29) is 17.7 Å². The zero-order valence-electron chi connectivity index (χ0n) is 15.7. The van der Waals surface area contributed by atoms with Crippen molar-refractivity contribution in [3.05, 3.63) is 35.4 Å². The first kappa shape index (κ1) is 21.2. The monoisotopic (exact) mass is 385 g/mol. The predicted molar refractivity (Wildman–Crippen MR) is 97.7 cm³/mol. The van der Waals surface area contributed by atoms with Crippen molar-refractivity contribution in [2.75, 3.05) is 26.2 Å². The quantitative estimate of drug-likeness (QED) is 0.621. The van der Waals surface area contributed by atoms with E-state index in [4.69, 9.17) is 4.74 Å². The number of ether oxygens (including phenoxy) is 1. The molecule has 1 heterocycles. The number of nitrogens with one attached hydrogen (secondary N) is 1. The first-order valence-electron chi connectivity index (χ1n) is 9.18. The van der Waals surface area contributed by atoms with Gasteiger partial charge in [0.15, 0.2) is 0 Å². The molecule has 0 radical (unpaired) electrons. The second-order valence-electron chi connectivity index (χ2n) is 6.79. The highest BCUT2D eigenvalue weighted by Crippen LogP contribution is 2.29. The number of halogens is 3. The lowest BCUT2D eigenvalue weighted by molar-refractivity contribution is -0.137. The average Bonchev–Trinajstić information content (AvgIpc) is 2.61. The van der Waals surface area contributed by atoms with Crippen LogP contribution >= 0.6 is 0 Å². The number of carbonyl (C=O) groups is 1. The number of aliphatic imine (C=N–C) groups is 1. The molecule has 0 atom stereocenters. The van der Waals surface area contributed by atoms with Crippen LogP contribution in [0.2, 0.25) is 0 Å². The number of amidine groups is 1. The number of rotatable bonds is 5. The molecule has 1 aromatic carbocycles. The number of hydrogen-bond acceptors (Lipinski definition) is 4. The zero-order valence-corrected chi connectivity index (χ0v) is 15.7. The molecule has 1 N–H and O–H groups in total. The summed E-state index contributed by atoms with van der Waals surface area (Å²) in [6.45, 7) is 6.85. The molecule has 0 unspecified atom stereocenters. The van der Waals surface area contributed by atoms with Gasteiger partial charge in [-0.2, -0.15) is 13.2 Å². The maximum absolute atomic E-state index is 12.8. The second kappa shape index (κ2) is 9.73. The molecule has 1 aliphatic rings. The molecule has 1 amide bonds. The fourth-order valence-electron chi connectivity index (χ4n) is 2.81. The first-order chi connectivity index (χ1) is 12.8. The molecule has 0 saturated carbocycles. The Morgan fingerprint density at radius 2 is 1.96 bits per heavy atom. The van der Waals surface area contributed by atoms with E-state index < -0.39 is 17.6 Å². The molecule has 1 saturated heterocycles. The summed E-state index contributed by atoms with van der Waals surface area (Å²) in [4.78, 5) is 18.9. The zero-order chi connectivity index (χ0) is 19.9. The molecule has 1 fully saturated rings. The van der Waals surface area contributed by atoms with Gasteiger partial charge < -0.3 is 9.64 Å². The summed E-state index contributed by atoms with van der Waals surface area (Å²) >= 11 is 0. The summed E-state index contributed by atoms with van der Waals surface area (Å²) in [6, 6.07) is 4.30. The van der Waals surface area contributed by atoms with Gasteiger partial charge in [0.2, 0.25) is 0 Å². The van der Waals surface area contributed by atoms with E-state index in [2.05, 4.69) is 15.2 Å². The molecule has 2 rings (SSSR count). The molecule has 27 heavy (non-hydrogen) atoms. The van der Waals surface area contributed by atoms with Crippen LogP contribution < -0.4 is 5.32 Å². The third-order valence-corrected chi connectivity index (χ3v) is 4.14. The molecule has 150 valence electrons. The van der Waals surface area contributed by atoms with Gasteiger partial charge in [0.25, 0.3) is 11.9 Å². The lowest BCUT2D eigenvalue weighted by atomic mass is 10.1. The summed E-state index contributed by atoms with van der Waals surface area (Å²) in [5.41, 5.74) is -0.968. The van der Waals surface area contributed by atoms with Crippen molar-refractivity contribution in [3.8, 4) is 0 Å². The minimum absolute atomic E-state index is 0.0319. The average molecular weight is 385 g/mol. The number of piperidine rings is 1. The van der Waals surface area contributed by atoms with Gasteiger partial charge in [0, 0.05) is 12.1 Å². The molecule has 8 heteroatoms. The van der Waals surface area contributed by atoms with Crippen molar-refractivity contribution in [2.24, 2.45) is 4.99 Å². The van der Waals surface area contributed by atoms with Crippen LogP contribution in [0.3, 0.4) is 0 Å². The van der Waals surface area contributed by atoms with E-state index in [1.807, 2.05) is 0 Å². The van der Waals surface area contributed by atoms with Crippen LogP contribution in [-0.2, 0) is 10.9 Å². The second-order valence-corrected chi connectivity index (χ2v) is 6.79. The number of amides is 1. The molecule has 1 aliphatic heterocycles. The Morgan fingerprint density at radius 1 is 1.26 bits per heavy atom. The van der Waals surface area contributed by atoms with Gasteiger partial charge in [-0.15, -0.1) is 0 Å². The van der Waals surface area contributed by atoms with Crippen LogP contribution in [0.1, 0.15) is 49.0 Å². The summed E-state index contributed by atoms with van der Waals surface area (Å²) in [5.74, 6) is -0.682. The van der Waals surface area contributed by atoms with Crippen molar-refractivity contribution in [1.29, 1.82) is 0 Å². The van der Waals surface area contributed by atoms with Gasteiger partial charge in [0.05, 0.1) is 18.2 Å². The van der Waals surface area contributed by atoms with Crippen molar-refractivity contribution < 1.29 is 22.7 Å². The maximum Gasteiger partial charge on any atom is 0.416 e. The molecule has 0 aliphatic carbocycles. The van der Waals surface area contributed by atoms with E-state index in [1.165, 1.54) is 31.4 Å². The van der Waals surface area contributed by atoms with E-state index in [0.717, 1.165) is 31.8 Å². The third kappa shape index (κ3) is 7.21. The standard InChI is InChI=1S/C19H26F3N3O2/c1-14(2)27-18(23-9-12-25-10-4-3-5-11-25)24-17(26)15-7-6-8-16(13-15)19(20,21)22/h6-8,13-14H,3-5,9-12H2,1-2H3,(H,23,24,26). The van der Waals surface area contributed by atoms with Gasteiger partial charge in [-0.05, 0) is 58.0 Å². The lowest BCUT2D eigenvalue weighted by Gasteiger charge is -2.25. The van der Waals surface area contributed by atoms with Crippen LogP contribution in [0.4, 0.5) is 13.2 Å². The van der Waals surface area contributed by atoms with Crippen LogP contribution in [0.25, 0.3) is 0 Å². The SMILES string of the molecule is CC(C)OC(=NCCN1CCCCC1)NC(=O)c1cccc(C(F)(F)F)c1. The van der Waals surface area contributed by atoms with Crippen molar-refractivity contribution in [1.82, 2.24) is 10.2 Å². The van der Waals surface area contributed by atoms with Gasteiger partial charge in [-0.25, -0.2) is 4.99 Å². The number of benzene rings is 1. The number of carbonyl (C=O) groups excluding carboxylic acids is 1. The van der Waals surface area contributed by atoms with Crippen molar-refractivity contribution in [3.63, 3.8) is 0 Å². The highest BCUT2D eigenvalue weighted by Gasteiger charge is 2.31. The normalized spacial score (nSPS) is 16.4. The number of likely N-dealkylation sites (tertiary alicyclic amines) is 1. The Kier molecular flexibility index (Phi) is 7.65. The fraction of sp³-hybridized carbons (Fsp3) is 0.579. The topological polar surface area (TPSA) is 53.9 Å². The Bertz CT molecular complexity index is 654. The van der Waals surface area contributed by atoms with Crippen LogP contribution in [0.5, 0.6) is 0 Å². The minimum Gasteiger partial charge on any atom is -0.462 e. The molecule has 0 bridgehead atoms. The molecule has 1 aromatic rings. The number of nitrogens with zero attached hydrogens (tertiary/aromatic N) is 2. The minimum atomic E-state index is -4.50. The Morgan fingerprint density at radius 3 is 2.59 bits per heavy atom. The predicted octanol–water partition coefficient (Wildman–Crippen LogP) is 3.70. The van der Waals surface area contributed by atoms with E-state index >= 15 is 0 Å². The highest BCUT2D eigenvalue weighted by molar-refractivity contribution is 6.04. The summed E-state index contributed by atoms with van der Waals surface area (Å²) in [5, 5.41) is 2.48. The van der Waals surface area contributed by atoms with Gasteiger partial charge in [-0.3, -0.25) is 10.1 Å². The van der Waals surface area contributed by atoms with Crippen LogP contribution in [-0.4, -0.2) is 49.1 Å². The lowest BCUT2D eigenvalue weighted by Crippen LogP contribution is -2.36. The molecule has 0 aromatic heterocycles. The smallest absolute Gasteiger partial charge is 0.416 e. The number of hydrogen-bond donors (Lipinski definition) is 1. The summed E-state index contributed by atoms with van der Waals surface area (Å²) in [6.07, 6.45) is -1.14. The summed E-state index contributed by atoms with van der Waals surface area (Å²) < 4.78 is 44.0. The molecule has 0 spiro atoms. The molecule has 5 nitrogen and oxygen atoms in total. The van der Waals surface area contributed by atoms with E-state index in [0.29, 0.717) is 6.54 Å². The number of alkyl halides is 3. The van der Waals surface area contributed by atoms with E-state index in [1.54, 1.807) is 13.8 Å². The summed E-state index contributed by atoms with van der Waals surface area (Å²) in [7, 11) is 0. The first-order valence-corrected chi connectivity index (χ1v) is 9.18. The van der Waals surface area contributed by atoms with Crippen LogP contribution in [0.15, 0.2) is 29.3 Å². The maximum atomic E-state index is 12.8. The van der Waals surface area contributed by atoms with E-state index in [9.17, 15) is 18.0 Å². The molecular weight excluding hydrogens is 359 g/mol. The Hall–Kier alpha value is -2.09. The highest BCUT2D eigenvalue weighted by atomic mass is 19.4.